The van der Waals surface area contributed by atoms with Crippen molar-refractivity contribution in [3.63, 3.8) is 0 Å². The van der Waals surface area contributed by atoms with Crippen molar-refractivity contribution in [1.29, 1.82) is 0 Å². The molecule has 0 spiro atoms. The Morgan fingerprint density at radius 1 is 0.885 bits per heavy atom. The van der Waals surface area contributed by atoms with E-state index in [9.17, 15) is 9.59 Å². The molecule has 0 saturated carbocycles. The number of carbonyl (C=O) groups excluding carboxylic acids is 2. The van der Waals surface area contributed by atoms with Gasteiger partial charge in [-0.2, -0.15) is 11.8 Å². The third-order valence-corrected chi connectivity index (χ3v) is 4.88. The maximum atomic E-state index is 12.1. The molecule has 0 aliphatic rings. The zero-order chi connectivity index (χ0) is 18.9. The van der Waals surface area contributed by atoms with Gasteiger partial charge in [-0.05, 0) is 38.5 Å². The van der Waals surface area contributed by atoms with Crippen LogP contribution in [0.15, 0.2) is 42.5 Å². The predicted octanol–water partition coefficient (Wildman–Crippen LogP) is 3.39. The summed E-state index contributed by atoms with van der Waals surface area (Å²) in [6.45, 7) is 6.56. The van der Waals surface area contributed by atoms with Crippen LogP contribution >= 0.6 is 11.8 Å². The van der Waals surface area contributed by atoms with Gasteiger partial charge in [0.05, 0.1) is 6.54 Å². The third kappa shape index (κ3) is 6.92. The summed E-state index contributed by atoms with van der Waals surface area (Å²) < 4.78 is 0. The number of benzene rings is 2. The van der Waals surface area contributed by atoms with E-state index in [0.717, 1.165) is 22.6 Å². The molecule has 0 aliphatic carbocycles. The lowest BCUT2D eigenvalue weighted by molar-refractivity contribution is -0.120. The van der Waals surface area contributed by atoms with E-state index in [1.54, 1.807) is 11.8 Å². The normalized spacial score (nSPS) is 10.4. The molecule has 26 heavy (non-hydrogen) atoms. The van der Waals surface area contributed by atoms with E-state index in [1.165, 1.54) is 11.1 Å². The van der Waals surface area contributed by atoms with Gasteiger partial charge in [-0.15, -0.1) is 0 Å². The molecule has 2 rings (SSSR count). The van der Waals surface area contributed by atoms with Crippen molar-refractivity contribution < 1.29 is 9.59 Å². The second kappa shape index (κ2) is 10.0. The summed E-state index contributed by atoms with van der Waals surface area (Å²) in [5, 5.41) is 5.50. The zero-order valence-corrected chi connectivity index (χ0v) is 16.4. The Hall–Kier alpha value is -2.27. The SMILES string of the molecule is Cc1ccc(CSCCNC(=O)CNC(=O)c2cc(C)cc(C)c2)cc1. The number of amides is 2. The first kappa shape index (κ1) is 20.0. The lowest BCUT2D eigenvalue weighted by atomic mass is 10.1. The van der Waals surface area contributed by atoms with Gasteiger partial charge < -0.3 is 10.6 Å². The minimum Gasteiger partial charge on any atom is -0.354 e. The van der Waals surface area contributed by atoms with E-state index < -0.39 is 0 Å². The highest BCUT2D eigenvalue weighted by molar-refractivity contribution is 7.98. The molecular weight excluding hydrogens is 344 g/mol. The fraction of sp³-hybridized carbons (Fsp3) is 0.333. The van der Waals surface area contributed by atoms with Crippen molar-refractivity contribution in [2.75, 3.05) is 18.8 Å². The molecule has 2 amide bonds. The highest BCUT2D eigenvalue weighted by Gasteiger charge is 2.08. The molecule has 0 aromatic heterocycles. The van der Waals surface area contributed by atoms with Crippen molar-refractivity contribution in [3.05, 3.63) is 70.3 Å². The number of rotatable bonds is 8. The maximum Gasteiger partial charge on any atom is 0.251 e. The van der Waals surface area contributed by atoms with Gasteiger partial charge in [0.2, 0.25) is 5.91 Å². The van der Waals surface area contributed by atoms with Crippen LogP contribution in [0.25, 0.3) is 0 Å². The highest BCUT2D eigenvalue weighted by Crippen LogP contribution is 2.12. The minimum absolute atomic E-state index is 0.00550. The molecule has 2 aromatic rings. The van der Waals surface area contributed by atoms with Crippen molar-refractivity contribution in [1.82, 2.24) is 10.6 Å². The van der Waals surface area contributed by atoms with Gasteiger partial charge in [-0.3, -0.25) is 9.59 Å². The number of hydrogen-bond acceptors (Lipinski definition) is 3. The summed E-state index contributed by atoms with van der Waals surface area (Å²) in [7, 11) is 0. The van der Waals surface area contributed by atoms with Crippen LogP contribution in [0.1, 0.15) is 32.6 Å². The fourth-order valence-electron chi connectivity index (χ4n) is 2.57. The summed E-state index contributed by atoms with van der Waals surface area (Å²) in [4.78, 5) is 24.0. The molecule has 0 bridgehead atoms. The average molecular weight is 371 g/mol. The van der Waals surface area contributed by atoms with Gasteiger partial charge in [0.25, 0.3) is 5.91 Å². The van der Waals surface area contributed by atoms with E-state index in [1.807, 2.05) is 32.0 Å². The van der Waals surface area contributed by atoms with Crippen LogP contribution in [0.2, 0.25) is 0 Å². The molecule has 138 valence electrons. The Bertz CT molecular complexity index is 737. The average Bonchev–Trinajstić information content (AvgIpc) is 2.60. The standard InChI is InChI=1S/C21H26N2O2S/c1-15-4-6-18(7-5-15)14-26-9-8-22-20(24)13-23-21(25)19-11-16(2)10-17(3)12-19/h4-7,10-12H,8-9,13-14H2,1-3H3,(H,22,24)(H,23,25). The molecule has 0 aliphatic heterocycles. The maximum absolute atomic E-state index is 12.1. The zero-order valence-electron chi connectivity index (χ0n) is 15.6. The molecule has 0 saturated heterocycles. The first-order valence-corrected chi connectivity index (χ1v) is 9.86. The quantitative estimate of drug-likeness (QED) is 0.700. The van der Waals surface area contributed by atoms with E-state index in [4.69, 9.17) is 0 Å². The molecule has 5 heteroatoms. The second-order valence-electron chi connectivity index (χ2n) is 6.45. The summed E-state index contributed by atoms with van der Waals surface area (Å²) in [5.41, 5.74) is 5.20. The van der Waals surface area contributed by atoms with E-state index in [2.05, 4.69) is 41.8 Å². The number of nitrogens with one attached hydrogen (secondary N) is 2. The number of carbonyl (C=O) groups is 2. The van der Waals surface area contributed by atoms with Crippen LogP contribution < -0.4 is 10.6 Å². The summed E-state index contributed by atoms with van der Waals surface area (Å²) in [6.07, 6.45) is 0. The van der Waals surface area contributed by atoms with Gasteiger partial charge in [0, 0.05) is 23.6 Å². The Morgan fingerprint density at radius 3 is 2.19 bits per heavy atom. The molecule has 2 aromatic carbocycles. The molecule has 0 atom stereocenters. The van der Waals surface area contributed by atoms with Crippen LogP contribution in [0, 0.1) is 20.8 Å². The van der Waals surface area contributed by atoms with Crippen molar-refractivity contribution in [2.45, 2.75) is 26.5 Å². The predicted molar refractivity (Wildman–Crippen MR) is 109 cm³/mol. The minimum atomic E-state index is -0.222. The van der Waals surface area contributed by atoms with Gasteiger partial charge >= 0.3 is 0 Å². The molecule has 0 unspecified atom stereocenters. The fourth-order valence-corrected chi connectivity index (χ4v) is 3.39. The Balaban J connectivity index is 1.62. The van der Waals surface area contributed by atoms with Crippen LogP contribution in [0.4, 0.5) is 0 Å². The number of hydrogen-bond donors (Lipinski definition) is 2. The Labute approximate surface area is 159 Å². The van der Waals surface area contributed by atoms with Crippen LogP contribution in [0.3, 0.4) is 0 Å². The van der Waals surface area contributed by atoms with Crippen molar-refractivity contribution in [2.24, 2.45) is 0 Å². The summed E-state index contributed by atoms with van der Waals surface area (Å²) in [6, 6.07) is 14.1. The number of aryl methyl sites for hydroxylation is 3. The van der Waals surface area contributed by atoms with Crippen molar-refractivity contribution in [3.8, 4) is 0 Å². The Morgan fingerprint density at radius 2 is 1.54 bits per heavy atom. The molecular formula is C21H26N2O2S. The van der Waals surface area contributed by atoms with Gasteiger partial charge in [-0.25, -0.2) is 0 Å². The third-order valence-electron chi connectivity index (χ3n) is 3.85. The molecule has 4 nitrogen and oxygen atoms in total. The lowest BCUT2D eigenvalue weighted by Gasteiger charge is -2.08. The molecule has 0 fully saturated rings. The van der Waals surface area contributed by atoms with E-state index >= 15 is 0 Å². The highest BCUT2D eigenvalue weighted by atomic mass is 32.2. The molecule has 0 heterocycles. The summed E-state index contributed by atoms with van der Waals surface area (Å²) in [5.74, 6) is 1.38. The molecule has 2 N–H and O–H groups in total. The molecule has 0 radical (unpaired) electrons. The monoisotopic (exact) mass is 370 g/mol. The lowest BCUT2D eigenvalue weighted by Crippen LogP contribution is -2.37. The van der Waals surface area contributed by atoms with Crippen LogP contribution in [-0.4, -0.2) is 30.7 Å². The van der Waals surface area contributed by atoms with E-state index in [0.29, 0.717) is 12.1 Å². The van der Waals surface area contributed by atoms with Gasteiger partial charge in [-0.1, -0.05) is 47.0 Å². The number of thioether (sulfide) groups is 1. The van der Waals surface area contributed by atoms with Crippen LogP contribution in [-0.2, 0) is 10.5 Å². The smallest absolute Gasteiger partial charge is 0.251 e. The second-order valence-corrected chi connectivity index (χ2v) is 7.55. The first-order chi connectivity index (χ1) is 12.4. The van der Waals surface area contributed by atoms with E-state index in [-0.39, 0.29) is 18.4 Å². The van der Waals surface area contributed by atoms with Crippen LogP contribution in [0.5, 0.6) is 0 Å². The first-order valence-electron chi connectivity index (χ1n) is 8.70. The topological polar surface area (TPSA) is 58.2 Å². The largest absolute Gasteiger partial charge is 0.354 e. The van der Waals surface area contributed by atoms with Gasteiger partial charge in [0.1, 0.15) is 0 Å². The van der Waals surface area contributed by atoms with Gasteiger partial charge in [0.15, 0.2) is 0 Å². The van der Waals surface area contributed by atoms with Crippen molar-refractivity contribution >= 4 is 23.6 Å². The summed E-state index contributed by atoms with van der Waals surface area (Å²) >= 11 is 1.78. The Kier molecular flexibility index (Phi) is 7.73.